The van der Waals surface area contributed by atoms with Crippen molar-refractivity contribution in [3.63, 3.8) is 0 Å². The van der Waals surface area contributed by atoms with Gasteiger partial charge in [-0.2, -0.15) is 0 Å². The highest BCUT2D eigenvalue weighted by Gasteiger charge is 2.14. The van der Waals surface area contributed by atoms with E-state index in [9.17, 15) is 0 Å². The van der Waals surface area contributed by atoms with E-state index in [0.29, 0.717) is 10.0 Å². The number of hydrogen-bond acceptors (Lipinski definition) is 1. The molecule has 2 rings (SSSR count). The lowest BCUT2D eigenvalue weighted by atomic mass is 9.92. The van der Waals surface area contributed by atoms with E-state index < -0.39 is 0 Å². The van der Waals surface area contributed by atoms with Crippen molar-refractivity contribution < 1.29 is 0 Å². The van der Waals surface area contributed by atoms with E-state index in [1.54, 1.807) is 6.07 Å². The lowest BCUT2D eigenvalue weighted by Gasteiger charge is -2.18. The van der Waals surface area contributed by atoms with Crippen LogP contribution in [0.4, 0.5) is 0 Å². The van der Waals surface area contributed by atoms with E-state index in [4.69, 9.17) is 28.9 Å². The molecule has 0 heterocycles. The van der Waals surface area contributed by atoms with E-state index in [2.05, 4.69) is 32.9 Å². The van der Waals surface area contributed by atoms with Crippen LogP contribution in [0.5, 0.6) is 0 Å². The van der Waals surface area contributed by atoms with Gasteiger partial charge in [0.1, 0.15) is 0 Å². The zero-order chi connectivity index (χ0) is 14.2. The van der Waals surface area contributed by atoms with Gasteiger partial charge in [0.25, 0.3) is 0 Å². The maximum absolute atomic E-state index is 6.35. The molecule has 1 nitrogen and oxygen atoms in total. The van der Waals surface area contributed by atoms with Crippen LogP contribution < -0.4 is 5.73 Å². The number of nitrogens with two attached hydrogens (primary N) is 1. The average molecular weight is 294 g/mol. The van der Waals surface area contributed by atoms with Gasteiger partial charge in [0.15, 0.2) is 0 Å². The molecule has 0 aromatic heterocycles. The smallest absolute Gasteiger partial charge is 0.0595 e. The summed E-state index contributed by atoms with van der Waals surface area (Å²) in [5.41, 5.74) is 12.2. The SMILES string of the molecule is Cc1cc(C)c(C(N)c2ccc(Cl)c(Cl)c2)cc1C. The molecule has 1 atom stereocenters. The van der Waals surface area contributed by atoms with Gasteiger partial charge in [0.2, 0.25) is 0 Å². The summed E-state index contributed by atoms with van der Waals surface area (Å²) < 4.78 is 0. The Morgan fingerprint density at radius 3 is 2.11 bits per heavy atom. The summed E-state index contributed by atoms with van der Waals surface area (Å²) >= 11 is 12.0. The minimum Gasteiger partial charge on any atom is -0.320 e. The second kappa shape index (κ2) is 5.54. The Balaban J connectivity index is 2.46. The zero-order valence-electron chi connectivity index (χ0n) is 11.3. The quantitative estimate of drug-likeness (QED) is 0.831. The first-order chi connectivity index (χ1) is 8.90. The van der Waals surface area contributed by atoms with Crippen LogP contribution in [-0.4, -0.2) is 0 Å². The molecule has 0 amide bonds. The second-order valence-corrected chi connectivity index (χ2v) is 5.76. The highest BCUT2D eigenvalue weighted by Crippen LogP contribution is 2.29. The predicted molar refractivity (Wildman–Crippen MR) is 83.1 cm³/mol. The molecular formula is C16H17Cl2N. The van der Waals surface area contributed by atoms with Gasteiger partial charge in [0, 0.05) is 0 Å². The van der Waals surface area contributed by atoms with Crippen LogP contribution >= 0.6 is 23.2 Å². The molecule has 0 saturated heterocycles. The first-order valence-electron chi connectivity index (χ1n) is 6.18. The molecule has 0 aliphatic heterocycles. The van der Waals surface area contributed by atoms with E-state index in [0.717, 1.165) is 11.1 Å². The van der Waals surface area contributed by atoms with Crippen LogP contribution in [0.25, 0.3) is 0 Å². The maximum atomic E-state index is 6.35. The van der Waals surface area contributed by atoms with Gasteiger partial charge in [-0.25, -0.2) is 0 Å². The van der Waals surface area contributed by atoms with Crippen molar-refractivity contribution in [1.82, 2.24) is 0 Å². The minimum atomic E-state index is -0.186. The summed E-state index contributed by atoms with van der Waals surface area (Å²) in [5.74, 6) is 0. The Morgan fingerprint density at radius 2 is 1.47 bits per heavy atom. The lowest BCUT2D eigenvalue weighted by molar-refractivity contribution is 0.858. The fraction of sp³-hybridized carbons (Fsp3) is 0.250. The van der Waals surface area contributed by atoms with Gasteiger partial charge >= 0.3 is 0 Å². The summed E-state index contributed by atoms with van der Waals surface area (Å²) in [7, 11) is 0. The highest BCUT2D eigenvalue weighted by molar-refractivity contribution is 6.42. The topological polar surface area (TPSA) is 26.0 Å². The molecule has 1 unspecified atom stereocenters. The maximum Gasteiger partial charge on any atom is 0.0595 e. The zero-order valence-corrected chi connectivity index (χ0v) is 12.8. The van der Waals surface area contributed by atoms with Crippen molar-refractivity contribution in [2.24, 2.45) is 5.73 Å². The Kier molecular flexibility index (Phi) is 4.19. The summed E-state index contributed by atoms with van der Waals surface area (Å²) in [4.78, 5) is 0. The van der Waals surface area contributed by atoms with Crippen molar-refractivity contribution in [1.29, 1.82) is 0 Å². The summed E-state index contributed by atoms with van der Waals surface area (Å²) in [6, 6.07) is 9.68. The van der Waals surface area contributed by atoms with Crippen molar-refractivity contribution in [3.8, 4) is 0 Å². The molecule has 100 valence electrons. The number of rotatable bonds is 2. The Bertz CT molecular complexity index is 620. The third kappa shape index (κ3) is 2.94. The largest absolute Gasteiger partial charge is 0.320 e. The van der Waals surface area contributed by atoms with Gasteiger partial charge in [-0.15, -0.1) is 0 Å². The van der Waals surface area contributed by atoms with Crippen molar-refractivity contribution in [2.75, 3.05) is 0 Å². The van der Waals surface area contributed by atoms with Crippen LogP contribution in [0.3, 0.4) is 0 Å². The molecule has 2 N–H and O–H groups in total. The minimum absolute atomic E-state index is 0.186. The number of halogens is 2. The number of aryl methyl sites for hydroxylation is 3. The van der Waals surface area contributed by atoms with E-state index in [1.807, 2.05) is 12.1 Å². The van der Waals surface area contributed by atoms with Crippen LogP contribution in [0.2, 0.25) is 10.0 Å². The fourth-order valence-electron chi connectivity index (χ4n) is 2.20. The molecule has 0 spiro atoms. The molecule has 0 fully saturated rings. The molecule has 0 aliphatic rings. The first-order valence-corrected chi connectivity index (χ1v) is 6.94. The summed E-state index contributed by atoms with van der Waals surface area (Å²) in [6.07, 6.45) is 0. The molecule has 2 aromatic carbocycles. The first kappa shape index (κ1) is 14.4. The van der Waals surface area contributed by atoms with Crippen molar-refractivity contribution >= 4 is 23.2 Å². The molecule has 0 radical (unpaired) electrons. The Labute approximate surface area is 124 Å². The molecule has 0 bridgehead atoms. The molecule has 3 heteroatoms. The average Bonchev–Trinajstić information content (AvgIpc) is 2.36. The monoisotopic (exact) mass is 293 g/mol. The van der Waals surface area contributed by atoms with E-state index in [-0.39, 0.29) is 6.04 Å². The van der Waals surface area contributed by atoms with Gasteiger partial charge in [-0.05, 0) is 60.7 Å². The third-order valence-corrected chi connectivity index (χ3v) is 4.26. The van der Waals surface area contributed by atoms with E-state index in [1.165, 1.54) is 16.7 Å². The Morgan fingerprint density at radius 1 is 0.842 bits per heavy atom. The van der Waals surface area contributed by atoms with Gasteiger partial charge in [-0.3, -0.25) is 0 Å². The summed E-state index contributed by atoms with van der Waals surface area (Å²) in [6.45, 7) is 6.29. The van der Waals surface area contributed by atoms with Crippen LogP contribution in [0.1, 0.15) is 33.9 Å². The lowest BCUT2D eigenvalue weighted by Crippen LogP contribution is -2.13. The standard InChI is InChI=1S/C16H17Cl2N/c1-9-6-11(3)13(7-10(9)2)16(19)12-4-5-14(17)15(18)8-12/h4-8,16H,19H2,1-3H3. The van der Waals surface area contributed by atoms with Crippen LogP contribution in [-0.2, 0) is 0 Å². The van der Waals surface area contributed by atoms with Gasteiger partial charge < -0.3 is 5.73 Å². The normalized spacial score (nSPS) is 12.5. The molecule has 2 aromatic rings. The fourth-order valence-corrected chi connectivity index (χ4v) is 2.51. The molecule has 19 heavy (non-hydrogen) atoms. The van der Waals surface area contributed by atoms with Crippen molar-refractivity contribution in [3.05, 3.63) is 68.2 Å². The summed E-state index contributed by atoms with van der Waals surface area (Å²) in [5, 5.41) is 1.09. The van der Waals surface area contributed by atoms with E-state index >= 15 is 0 Å². The third-order valence-electron chi connectivity index (χ3n) is 3.52. The number of hydrogen-bond donors (Lipinski definition) is 1. The van der Waals surface area contributed by atoms with Crippen LogP contribution in [0.15, 0.2) is 30.3 Å². The van der Waals surface area contributed by atoms with Crippen molar-refractivity contribution in [2.45, 2.75) is 26.8 Å². The Hall–Kier alpha value is -1.02. The highest BCUT2D eigenvalue weighted by atomic mass is 35.5. The molecule has 0 aliphatic carbocycles. The van der Waals surface area contributed by atoms with Crippen LogP contribution in [0, 0.1) is 20.8 Å². The number of benzene rings is 2. The molecule has 0 saturated carbocycles. The predicted octanol–water partition coefficient (Wildman–Crippen LogP) is 4.97. The van der Waals surface area contributed by atoms with Gasteiger partial charge in [0.05, 0.1) is 16.1 Å². The van der Waals surface area contributed by atoms with Gasteiger partial charge in [-0.1, -0.05) is 41.4 Å². The second-order valence-electron chi connectivity index (χ2n) is 4.94. The molecular weight excluding hydrogens is 277 g/mol.